The SMILES string of the molecule is Cc1ccc(C(=O)N[C@H]2CO[C@H]3[C@@H]2OC[C@@H]3Nc2nccc(-c3ccc4c(c3)OCO4)n2)cc1. The van der Waals surface area contributed by atoms with Gasteiger partial charge in [-0.3, -0.25) is 4.79 Å². The van der Waals surface area contributed by atoms with E-state index in [1.807, 2.05) is 55.5 Å². The highest BCUT2D eigenvalue weighted by atomic mass is 16.7. The van der Waals surface area contributed by atoms with E-state index < -0.39 is 0 Å². The van der Waals surface area contributed by atoms with Crippen LogP contribution in [0, 0.1) is 6.92 Å². The Labute approximate surface area is 196 Å². The Bertz CT molecular complexity index is 1220. The van der Waals surface area contributed by atoms with Crippen LogP contribution in [0.1, 0.15) is 15.9 Å². The van der Waals surface area contributed by atoms with Crippen molar-refractivity contribution in [2.45, 2.75) is 31.2 Å². The molecule has 1 aromatic heterocycles. The smallest absolute Gasteiger partial charge is 0.251 e. The average molecular weight is 460 g/mol. The molecule has 0 aliphatic carbocycles. The molecule has 2 fully saturated rings. The van der Waals surface area contributed by atoms with Gasteiger partial charge in [0.25, 0.3) is 5.91 Å². The van der Waals surface area contributed by atoms with Crippen molar-refractivity contribution in [2.75, 3.05) is 25.3 Å². The Morgan fingerprint density at radius 2 is 1.71 bits per heavy atom. The number of hydrogen-bond donors (Lipinski definition) is 2. The van der Waals surface area contributed by atoms with Crippen molar-refractivity contribution in [3.8, 4) is 22.8 Å². The van der Waals surface area contributed by atoms with Gasteiger partial charge < -0.3 is 29.6 Å². The normalized spacial score (nSPS) is 24.6. The van der Waals surface area contributed by atoms with Crippen molar-refractivity contribution in [1.82, 2.24) is 15.3 Å². The summed E-state index contributed by atoms with van der Waals surface area (Å²) < 4.78 is 22.9. The van der Waals surface area contributed by atoms with E-state index in [0.29, 0.717) is 30.5 Å². The van der Waals surface area contributed by atoms with Crippen LogP contribution in [0.2, 0.25) is 0 Å². The quantitative estimate of drug-likeness (QED) is 0.599. The Hall–Kier alpha value is -3.69. The predicted octanol–water partition coefficient (Wildman–Crippen LogP) is 2.56. The van der Waals surface area contributed by atoms with Crippen LogP contribution in [-0.2, 0) is 9.47 Å². The lowest BCUT2D eigenvalue weighted by Gasteiger charge is -2.18. The number of aryl methyl sites for hydroxylation is 1. The lowest BCUT2D eigenvalue weighted by atomic mass is 10.1. The van der Waals surface area contributed by atoms with Gasteiger partial charge in [0.1, 0.15) is 12.2 Å². The molecule has 0 spiro atoms. The molecule has 0 radical (unpaired) electrons. The molecule has 174 valence electrons. The number of hydrogen-bond acceptors (Lipinski definition) is 8. The summed E-state index contributed by atoms with van der Waals surface area (Å²) in [5.41, 5.74) is 3.40. The van der Waals surface area contributed by atoms with Crippen molar-refractivity contribution in [2.24, 2.45) is 0 Å². The van der Waals surface area contributed by atoms with Crippen molar-refractivity contribution >= 4 is 11.9 Å². The van der Waals surface area contributed by atoms with Gasteiger partial charge in [0.2, 0.25) is 12.7 Å². The van der Waals surface area contributed by atoms with Gasteiger partial charge in [0, 0.05) is 17.3 Å². The van der Waals surface area contributed by atoms with Gasteiger partial charge >= 0.3 is 0 Å². The fourth-order valence-corrected chi connectivity index (χ4v) is 4.51. The molecule has 0 saturated carbocycles. The third kappa shape index (κ3) is 3.93. The van der Waals surface area contributed by atoms with Gasteiger partial charge in [0.15, 0.2) is 11.5 Å². The summed E-state index contributed by atoms with van der Waals surface area (Å²) in [7, 11) is 0. The molecule has 2 aromatic carbocycles. The van der Waals surface area contributed by atoms with Crippen molar-refractivity contribution in [1.29, 1.82) is 0 Å². The highest BCUT2D eigenvalue weighted by Crippen LogP contribution is 2.35. The molecular formula is C25H24N4O5. The largest absolute Gasteiger partial charge is 0.454 e. The van der Waals surface area contributed by atoms with Crippen molar-refractivity contribution in [3.63, 3.8) is 0 Å². The van der Waals surface area contributed by atoms with Gasteiger partial charge in [-0.15, -0.1) is 0 Å². The molecule has 3 aromatic rings. The minimum Gasteiger partial charge on any atom is -0.454 e. The first-order chi connectivity index (χ1) is 16.6. The monoisotopic (exact) mass is 460 g/mol. The average Bonchev–Trinajstić information content (AvgIpc) is 3.58. The minimum absolute atomic E-state index is 0.127. The first-order valence-corrected chi connectivity index (χ1v) is 11.2. The molecule has 4 heterocycles. The molecule has 0 unspecified atom stereocenters. The molecule has 34 heavy (non-hydrogen) atoms. The number of benzene rings is 2. The molecule has 0 bridgehead atoms. The van der Waals surface area contributed by atoms with E-state index in [2.05, 4.69) is 20.6 Å². The van der Waals surface area contributed by atoms with Crippen LogP contribution in [0.5, 0.6) is 11.5 Å². The van der Waals surface area contributed by atoms with Crippen LogP contribution in [-0.4, -0.2) is 60.2 Å². The number of nitrogens with one attached hydrogen (secondary N) is 2. The molecule has 9 heteroatoms. The van der Waals surface area contributed by atoms with Crippen LogP contribution in [0.15, 0.2) is 54.7 Å². The van der Waals surface area contributed by atoms with Crippen LogP contribution in [0.25, 0.3) is 11.3 Å². The topological polar surface area (TPSA) is 104 Å². The van der Waals surface area contributed by atoms with E-state index in [-0.39, 0.29) is 37.0 Å². The highest BCUT2D eigenvalue weighted by Gasteiger charge is 2.48. The Morgan fingerprint density at radius 3 is 2.56 bits per heavy atom. The first kappa shape index (κ1) is 20.9. The molecule has 9 nitrogen and oxygen atoms in total. The third-order valence-electron chi connectivity index (χ3n) is 6.32. The van der Waals surface area contributed by atoms with Crippen LogP contribution < -0.4 is 20.1 Å². The summed E-state index contributed by atoms with van der Waals surface area (Å²) in [6.45, 7) is 3.05. The molecule has 4 atom stereocenters. The van der Waals surface area contributed by atoms with Crippen molar-refractivity contribution in [3.05, 3.63) is 65.9 Å². The van der Waals surface area contributed by atoms with Crippen LogP contribution >= 0.6 is 0 Å². The van der Waals surface area contributed by atoms with Gasteiger partial charge in [-0.1, -0.05) is 17.7 Å². The van der Waals surface area contributed by atoms with E-state index in [4.69, 9.17) is 18.9 Å². The summed E-state index contributed by atoms with van der Waals surface area (Å²) in [5, 5.41) is 6.40. The number of amides is 1. The second-order valence-electron chi connectivity index (χ2n) is 8.63. The lowest BCUT2D eigenvalue weighted by Crippen LogP contribution is -2.44. The number of anilines is 1. The summed E-state index contributed by atoms with van der Waals surface area (Å²) in [4.78, 5) is 21.7. The first-order valence-electron chi connectivity index (χ1n) is 11.2. The molecule has 3 aliphatic heterocycles. The fourth-order valence-electron chi connectivity index (χ4n) is 4.51. The number of carbonyl (C=O) groups excluding carboxylic acids is 1. The highest BCUT2D eigenvalue weighted by molar-refractivity contribution is 5.94. The summed E-state index contributed by atoms with van der Waals surface area (Å²) in [6, 6.07) is 14.7. The Morgan fingerprint density at radius 1 is 0.941 bits per heavy atom. The summed E-state index contributed by atoms with van der Waals surface area (Å²) in [6.07, 6.45) is 1.27. The standard InChI is InChI=1S/C25H24N4O5/c1-14-2-4-15(5-3-14)24(30)27-18-11-31-23-19(12-32-22(18)23)29-25-26-9-8-17(28-25)16-6-7-20-21(10-16)34-13-33-20/h2-10,18-19,22-23H,11-13H2,1H3,(H,27,30)(H,26,28,29)/t18-,19-,22+,23+/m0/s1. The summed E-state index contributed by atoms with van der Waals surface area (Å²) >= 11 is 0. The molecule has 3 aliphatic rings. The Kier molecular flexibility index (Phi) is 5.27. The van der Waals surface area contributed by atoms with Crippen LogP contribution in [0.3, 0.4) is 0 Å². The van der Waals surface area contributed by atoms with Gasteiger partial charge in [-0.25, -0.2) is 9.97 Å². The van der Waals surface area contributed by atoms with E-state index >= 15 is 0 Å². The maximum Gasteiger partial charge on any atom is 0.251 e. The zero-order valence-corrected chi connectivity index (χ0v) is 18.6. The third-order valence-corrected chi connectivity index (χ3v) is 6.32. The molecule has 1 amide bonds. The van der Waals surface area contributed by atoms with Crippen LogP contribution in [0.4, 0.5) is 5.95 Å². The zero-order valence-electron chi connectivity index (χ0n) is 18.6. The van der Waals surface area contributed by atoms with E-state index in [1.165, 1.54) is 0 Å². The number of rotatable bonds is 5. The number of fused-ring (bicyclic) bond motifs is 2. The van der Waals surface area contributed by atoms with E-state index in [9.17, 15) is 4.79 Å². The lowest BCUT2D eigenvalue weighted by molar-refractivity contribution is 0.0652. The molecule has 2 saturated heterocycles. The second-order valence-corrected chi connectivity index (χ2v) is 8.63. The van der Waals surface area contributed by atoms with E-state index in [1.54, 1.807) is 6.20 Å². The predicted molar refractivity (Wildman–Crippen MR) is 123 cm³/mol. The number of ether oxygens (including phenoxy) is 4. The van der Waals surface area contributed by atoms with E-state index in [0.717, 1.165) is 22.6 Å². The number of aromatic nitrogens is 2. The van der Waals surface area contributed by atoms with Gasteiger partial charge in [-0.05, 0) is 43.3 Å². The van der Waals surface area contributed by atoms with Crippen molar-refractivity contribution < 1.29 is 23.7 Å². The minimum atomic E-state index is -0.232. The maximum absolute atomic E-state index is 12.6. The maximum atomic E-state index is 12.6. The molecule has 6 rings (SSSR count). The number of carbonyl (C=O) groups is 1. The molecule has 2 N–H and O–H groups in total. The zero-order chi connectivity index (χ0) is 23.1. The Balaban J connectivity index is 1.12. The van der Waals surface area contributed by atoms with Gasteiger partial charge in [0.05, 0.1) is 31.0 Å². The molecular weight excluding hydrogens is 436 g/mol. The second kappa shape index (κ2) is 8.58. The number of nitrogens with zero attached hydrogens (tertiary/aromatic N) is 2. The fraction of sp³-hybridized carbons (Fsp3) is 0.320. The van der Waals surface area contributed by atoms with Gasteiger partial charge in [-0.2, -0.15) is 0 Å². The summed E-state index contributed by atoms with van der Waals surface area (Å²) in [5.74, 6) is 1.79.